The van der Waals surface area contributed by atoms with Crippen LogP contribution in [0.5, 0.6) is 0 Å². The van der Waals surface area contributed by atoms with Crippen molar-refractivity contribution in [1.29, 1.82) is 0 Å². The summed E-state index contributed by atoms with van der Waals surface area (Å²) in [6.07, 6.45) is 0.752. The van der Waals surface area contributed by atoms with Crippen LogP contribution in [0.3, 0.4) is 0 Å². The molecular weight excluding hydrogens is 290 g/mol. The van der Waals surface area contributed by atoms with Crippen molar-refractivity contribution in [2.45, 2.75) is 17.7 Å². The lowest BCUT2D eigenvalue weighted by atomic mass is 10.4. The molecule has 0 aromatic heterocycles. The second-order valence-corrected chi connectivity index (χ2v) is 4.59. The van der Waals surface area contributed by atoms with Crippen molar-refractivity contribution in [2.24, 2.45) is 0 Å². The van der Waals surface area contributed by atoms with E-state index in [1.807, 2.05) is 0 Å². The molecule has 0 aliphatic carbocycles. The van der Waals surface area contributed by atoms with Gasteiger partial charge < -0.3 is 0 Å². The van der Waals surface area contributed by atoms with Crippen LogP contribution in [0.2, 0.25) is 0 Å². The molecule has 0 saturated carbocycles. The average molecular weight is 299 g/mol. The molecular formula is C7H9Br2NO2. The van der Waals surface area contributed by atoms with Gasteiger partial charge in [-0.1, -0.05) is 31.9 Å². The first kappa shape index (κ1) is 10.2. The molecule has 68 valence electrons. The SMILES string of the molecule is O=C1CCC(=O)N1CC(Br)CBr. The van der Waals surface area contributed by atoms with Crippen molar-refractivity contribution in [2.75, 3.05) is 11.9 Å². The van der Waals surface area contributed by atoms with E-state index in [2.05, 4.69) is 31.9 Å². The van der Waals surface area contributed by atoms with Crippen molar-refractivity contribution in [3.63, 3.8) is 0 Å². The average Bonchev–Trinajstić information content (AvgIpc) is 2.35. The highest BCUT2D eigenvalue weighted by atomic mass is 79.9. The zero-order valence-electron chi connectivity index (χ0n) is 6.43. The number of carbonyl (C=O) groups is 2. The van der Waals surface area contributed by atoms with Gasteiger partial charge in [-0.15, -0.1) is 0 Å². The molecule has 1 rings (SSSR count). The first-order valence-corrected chi connectivity index (χ1v) is 5.72. The number of carbonyl (C=O) groups excluding carboxylic acids is 2. The van der Waals surface area contributed by atoms with Crippen LogP contribution in [0.1, 0.15) is 12.8 Å². The van der Waals surface area contributed by atoms with E-state index in [1.165, 1.54) is 4.90 Å². The van der Waals surface area contributed by atoms with E-state index in [4.69, 9.17) is 0 Å². The van der Waals surface area contributed by atoms with Crippen LogP contribution >= 0.6 is 31.9 Å². The Kier molecular flexibility index (Phi) is 3.71. The number of likely N-dealkylation sites (tertiary alicyclic amines) is 1. The lowest BCUT2D eigenvalue weighted by Crippen LogP contribution is -2.34. The van der Waals surface area contributed by atoms with Crippen LogP contribution in [0.4, 0.5) is 0 Å². The van der Waals surface area contributed by atoms with Crippen molar-refractivity contribution < 1.29 is 9.59 Å². The topological polar surface area (TPSA) is 37.4 Å². The maximum absolute atomic E-state index is 11.1. The summed E-state index contributed by atoms with van der Waals surface area (Å²) < 4.78 is 0. The lowest BCUT2D eigenvalue weighted by molar-refractivity contribution is -0.138. The first-order chi connectivity index (χ1) is 5.65. The minimum atomic E-state index is -0.0506. The number of rotatable bonds is 3. The van der Waals surface area contributed by atoms with E-state index in [9.17, 15) is 9.59 Å². The molecule has 2 amide bonds. The van der Waals surface area contributed by atoms with Crippen LogP contribution in [-0.4, -0.2) is 33.4 Å². The Balaban J connectivity index is 2.50. The zero-order valence-corrected chi connectivity index (χ0v) is 9.60. The number of amides is 2. The van der Waals surface area contributed by atoms with Crippen molar-refractivity contribution >= 4 is 43.7 Å². The summed E-state index contributed by atoms with van der Waals surface area (Å²) in [7, 11) is 0. The molecule has 1 heterocycles. The highest BCUT2D eigenvalue weighted by Crippen LogP contribution is 2.15. The van der Waals surface area contributed by atoms with E-state index >= 15 is 0 Å². The van der Waals surface area contributed by atoms with Crippen molar-refractivity contribution in [1.82, 2.24) is 4.90 Å². The highest BCUT2D eigenvalue weighted by Gasteiger charge is 2.29. The van der Waals surface area contributed by atoms with E-state index in [0.29, 0.717) is 19.4 Å². The van der Waals surface area contributed by atoms with Gasteiger partial charge >= 0.3 is 0 Å². The van der Waals surface area contributed by atoms with Crippen molar-refractivity contribution in [3.05, 3.63) is 0 Å². The molecule has 0 spiro atoms. The third-order valence-electron chi connectivity index (χ3n) is 1.70. The smallest absolute Gasteiger partial charge is 0.229 e. The number of alkyl halides is 2. The minimum absolute atomic E-state index is 0.0506. The van der Waals surface area contributed by atoms with E-state index in [-0.39, 0.29) is 16.6 Å². The van der Waals surface area contributed by atoms with Crippen LogP contribution in [-0.2, 0) is 9.59 Å². The standard InChI is InChI=1S/C7H9Br2NO2/c8-3-5(9)4-10-6(11)1-2-7(10)12/h5H,1-4H2. The summed E-state index contributed by atoms with van der Waals surface area (Å²) >= 11 is 6.61. The monoisotopic (exact) mass is 297 g/mol. The summed E-state index contributed by atoms with van der Waals surface area (Å²) in [5, 5.41) is 0.740. The predicted octanol–water partition coefficient (Wildman–Crippen LogP) is 1.29. The van der Waals surface area contributed by atoms with Crippen LogP contribution < -0.4 is 0 Å². The Morgan fingerprint density at radius 2 is 1.83 bits per heavy atom. The molecule has 1 unspecified atom stereocenters. The number of halogens is 2. The summed E-state index contributed by atoms with van der Waals surface area (Å²) in [5.74, 6) is -0.101. The normalized spacial score (nSPS) is 20.3. The third kappa shape index (κ3) is 2.29. The number of imide groups is 1. The quantitative estimate of drug-likeness (QED) is 0.582. The fraction of sp³-hybridized carbons (Fsp3) is 0.714. The zero-order chi connectivity index (χ0) is 9.14. The predicted molar refractivity (Wildman–Crippen MR) is 52.5 cm³/mol. The van der Waals surface area contributed by atoms with Gasteiger partial charge in [-0.2, -0.15) is 0 Å². The maximum atomic E-state index is 11.1. The van der Waals surface area contributed by atoms with Crippen LogP contribution in [0.25, 0.3) is 0 Å². The molecule has 0 N–H and O–H groups in total. The number of nitrogens with zero attached hydrogens (tertiary/aromatic N) is 1. The van der Waals surface area contributed by atoms with E-state index in [1.54, 1.807) is 0 Å². The molecule has 0 radical (unpaired) electrons. The van der Waals surface area contributed by atoms with Gasteiger partial charge in [0, 0.05) is 29.5 Å². The molecule has 1 fully saturated rings. The van der Waals surface area contributed by atoms with Crippen molar-refractivity contribution in [3.8, 4) is 0 Å². The summed E-state index contributed by atoms with van der Waals surface area (Å²) in [6.45, 7) is 0.475. The van der Waals surface area contributed by atoms with Crippen LogP contribution in [0, 0.1) is 0 Å². The van der Waals surface area contributed by atoms with Gasteiger partial charge in [-0.05, 0) is 0 Å². The molecule has 0 aromatic rings. The molecule has 12 heavy (non-hydrogen) atoms. The second-order valence-electron chi connectivity index (χ2n) is 2.65. The first-order valence-electron chi connectivity index (χ1n) is 3.68. The summed E-state index contributed by atoms with van der Waals surface area (Å²) in [4.78, 5) is 23.7. The van der Waals surface area contributed by atoms with Gasteiger partial charge in [0.1, 0.15) is 0 Å². The Bertz CT molecular complexity index is 192. The fourth-order valence-corrected chi connectivity index (χ4v) is 1.57. The number of hydrogen-bond acceptors (Lipinski definition) is 2. The van der Waals surface area contributed by atoms with Crippen LogP contribution in [0.15, 0.2) is 0 Å². The van der Waals surface area contributed by atoms with E-state index < -0.39 is 0 Å². The molecule has 1 saturated heterocycles. The second kappa shape index (κ2) is 4.37. The highest BCUT2D eigenvalue weighted by molar-refractivity contribution is 9.12. The molecule has 1 aliphatic heterocycles. The van der Waals surface area contributed by atoms with Gasteiger partial charge in [0.05, 0.1) is 0 Å². The molecule has 0 bridgehead atoms. The third-order valence-corrected chi connectivity index (χ3v) is 3.97. The van der Waals surface area contributed by atoms with Gasteiger partial charge in [0.25, 0.3) is 0 Å². The van der Waals surface area contributed by atoms with E-state index in [0.717, 1.165) is 5.33 Å². The Hall–Kier alpha value is 0.1000. The summed E-state index contributed by atoms with van der Waals surface area (Å²) in [6, 6.07) is 0. The summed E-state index contributed by atoms with van der Waals surface area (Å²) in [5.41, 5.74) is 0. The largest absolute Gasteiger partial charge is 0.281 e. The Morgan fingerprint density at radius 1 is 1.33 bits per heavy atom. The Labute approximate surface area is 87.7 Å². The van der Waals surface area contributed by atoms with Gasteiger partial charge in [-0.3, -0.25) is 14.5 Å². The fourth-order valence-electron chi connectivity index (χ4n) is 1.07. The molecule has 1 aliphatic rings. The van der Waals surface area contributed by atoms with Gasteiger partial charge in [0.15, 0.2) is 0 Å². The van der Waals surface area contributed by atoms with Gasteiger partial charge in [0.2, 0.25) is 11.8 Å². The molecule has 5 heteroatoms. The Morgan fingerprint density at radius 3 is 2.25 bits per heavy atom. The lowest BCUT2D eigenvalue weighted by Gasteiger charge is -2.15. The molecule has 1 atom stereocenters. The number of hydrogen-bond donors (Lipinski definition) is 0. The minimum Gasteiger partial charge on any atom is -0.281 e. The molecule has 0 aromatic carbocycles. The van der Waals surface area contributed by atoms with Gasteiger partial charge in [-0.25, -0.2) is 0 Å². The maximum Gasteiger partial charge on any atom is 0.229 e. The molecule has 3 nitrogen and oxygen atoms in total.